The van der Waals surface area contributed by atoms with Gasteiger partial charge in [0.15, 0.2) is 0 Å². The Morgan fingerprint density at radius 3 is 2.73 bits per heavy atom. The van der Waals surface area contributed by atoms with E-state index in [0.717, 1.165) is 6.42 Å². The molecule has 0 aromatic carbocycles. The highest BCUT2D eigenvalue weighted by atomic mass is 16.4. The first-order valence-electron chi connectivity index (χ1n) is 4.96. The monoisotopic (exact) mass is 203 g/mol. The van der Waals surface area contributed by atoms with E-state index in [4.69, 9.17) is 4.42 Å². The molecule has 0 fully saturated rings. The van der Waals surface area contributed by atoms with E-state index in [1.807, 2.05) is 12.1 Å². The van der Waals surface area contributed by atoms with E-state index in [-0.39, 0.29) is 0 Å². The van der Waals surface area contributed by atoms with Gasteiger partial charge in [0, 0.05) is 12.4 Å². The molecule has 0 bridgehead atoms. The molecule has 3 nitrogen and oxygen atoms in total. The molecule has 0 amide bonds. The third-order valence-corrected chi connectivity index (χ3v) is 2.33. The number of pyridine rings is 1. The molecule has 0 aliphatic rings. The van der Waals surface area contributed by atoms with Crippen molar-refractivity contribution in [1.29, 1.82) is 0 Å². The number of rotatable bonds is 4. The van der Waals surface area contributed by atoms with Crippen LogP contribution in [0.2, 0.25) is 0 Å². The van der Waals surface area contributed by atoms with Gasteiger partial charge in [-0.05, 0) is 42.7 Å². The van der Waals surface area contributed by atoms with Gasteiger partial charge in [-0.25, -0.2) is 0 Å². The molecule has 0 saturated carbocycles. The van der Waals surface area contributed by atoms with Gasteiger partial charge in [-0.15, -0.1) is 0 Å². The van der Waals surface area contributed by atoms with Crippen molar-refractivity contribution in [2.75, 3.05) is 0 Å². The van der Waals surface area contributed by atoms with E-state index in [1.165, 1.54) is 5.56 Å². The maximum Gasteiger partial charge on any atom is 0.132 e. The maximum absolute atomic E-state index is 9.76. The first kappa shape index (κ1) is 9.93. The number of aryl methyl sites for hydroxylation is 1. The van der Waals surface area contributed by atoms with E-state index in [2.05, 4.69) is 4.98 Å². The Morgan fingerprint density at radius 1 is 1.27 bits per heavy atom. The van der Waals surface area contributed by atoms with Crippen LogP contribution in [0.15, 0.2) is 47.3 Å². The number of aromatic nitrogens is 1. The molecule has 0 aliphatic carbocycles. The summed E-state index contributed by atoms with van der Waals surface area (Å²) in [4.78, 5) is 3.94. The van der Waals surface area contributed by atoms with Crippen LogP contribution in [0, 0.1) is 0 Å². The van der Waals surface area contributed by atoms with Gasteiger partial charge >= 0.3 is 0 Å². The number of nitrogens with zero attached hydrogens (tertiary/aromatic N) is 1. The number of hydrogen-bond donors (Lipinski definition) is 1. The standard InChI is InChI=1S/C12H13NO2/c14-11(12-2-1-9-15-12)4-3-10-5-7-13-8-6-10/h1-2,5-9,11,14H,3-4H2. The summed E-state index contributed by atoms with van der Waals surface area (Å²) >= 11 is 0. The Hall–Kier alpha value is -1.61. The Bertz CT molecular complexity index is 383. The van der Waals surface area contributed by atoms with Crippen LogP contribution in [-0.4, -0.2) is 10.1 Å². The van der Waals surface area contributed by atoms with Crippen molar-refractivity contribution in [3.05, 3.63) is 54.2 Å². The van der Waals surface area contributed by atoms with Crippen LogP contribution < -0.4 is 0 Å². The number of hydrogen-bond acceptors (Lipinski definition) is 3. The Kier molecular flexibility index (Phi) is 3.15. The molecule has 2 aromatic heterocycles. The lowest BCUT2D eigenvalue weighted by molar-refractivity contribution is 0.140. The molecule has 1 atom stereocenters. The molecule has 2 aromatic rings. The predicted octanol–water partition coefficient (Wildman–Crippen LogP) is 2.34. The molecule has 0 radical (unpaired) electrons. The first-order chi connectivity index (χ1) is 7.36. The lowest BCUT2D eigenvalue weighted by Crippen LogP contribution is -1.98. The fourth-order valence-electron chi connectivity index (χ4n) is 1.48. The normalized spacial score (nSPS) is 12.6. The third kappa shape index (κ3) is 2.67. The Morgan fingerprint density at radius 2 is 2.07 bits per heavy atom. The van der Waals surface area contributed by atoms with Crippen molar-refractivity contribution >= 4 is 0 Å². The lowest BCUT2D eigenvalue weighted by Gasteiger charge is -2.06. The van der Waals surface area contributed by atoms with Crippen molar-refractivity contribution in [2.24, 2.45) is 0 Å². The summed E-state index contributed by atoms with van der Waals surface area (Å²) in [5.41, 5.74) is 1.18. The smallest absolute Gasteiger partial charge is 0.132 e. The summed E-state index contributed by atoms with van der Waals surface area (Å²) in [5.74, 6) is 0.629. The van der Waals surface area contributed by atoms with Crippen LogP contribution in [0.3, 0.4) is 0 Å². The van der Waals surface area contributed by atoms with Gasteiger partial charge in [-0.1, -0.05) is 0 Å². The highest BCUT2D eigenvalue weighted by molar-refractivity contribution is 5.10. The first-order valence-corrected chi connectivity index (χ1v) is 4.96. The van der Waals surface area contributed by atoms with Crippen molar-refractivity contribution in [2.45, 2.75) is 18.9 Å². The zero-order chi connectivity index (χ0) is 10.5. The SMILES string of the molecule is OC(CCc1ccncc1)c1ccco1. The van der Waals surface area contributed by atoms with Crippen LogP contribution in [0.4, 0.5) is 0 Å². The Labute approximate surface area is 88.4 Å². The molecular weight excluding hydrogens is 190 g/mol. The fraction of sp³-hybridized carbons (Fsp3) is 0.250. The summed E-state index contributed by atoms with van der Waals surface area (Å²) in [6, 6.07) is 7.48. The van der Waals surface area contributed by atoms with Gasteiger partial charge in [0.25, 0.3) is 0 Å². The zero-order valence-electron chi connectivity index (χ0n) is 8.34. The van der Waals surface area contributed by atoms with Gasteiger partial charge in [-0.3, -0.25) is 4.98 Å². The molecule has 1 N–H and O–H groups in total. The average molecular weight is 203 g/mol. The maximum atomic E-state index is 9.76. The van der Waals surface area contributed by atoms with Crippen LogP contribution in [0.1, 0.15) is 23.8 Å². The molecular formula is C12H13NO2. The number of aliphatic hydroxyl groups excluding tert-OH is 1. The van der Waals surface area contributed by atoms with E-state index in [0.29, 0.717) is 12.2 Å². The Balaban J connectivity index is 1.89. The fourth-order valence-corrected chi connectivity index (χ4v) is 1.48. The predicted molar refractivity (Wildman–Crippen MR) is 56.2 cm³/mol. The van der Waals surface area contributed by atoms with Crippen LogP contribution in [0.5, 0.6) is 0 Å². The van der Waals surface area contributed by atoms with Crippen molar-refractivity contribution in [3.63, 3.8) is 0 Å². The van der Waals surface area contributed by atoms with E-state index < -0.39 is 6.10 Å². The highest BCUT2D eigenvalue weighted by Gasteiger charge is 2.09. The summed E-state index contributed by atoms with van der Waals surface area (Å²) in [6.07, 6.45) is 6.06. The molecule has 78 valence electrons. The van der Waals surface area contributed by atoms with Crippen LogP contribution in [0.25, 0.3) is 0 Å². The third-order valence-electron chi connectivity index (χ3n) is 2.33. The molecule has 0 spiro atoms. The molecule has 0 aliphatic heterocycles. The van der Waals surface area contributed by atoms with Gasteiger partial charge in [0.1, 0.15) is 11.9 Å². The molecule has 1 unspecified atom stereocenters. The summed E-state index contributed by atoms with van der Waals surface area (Å²) in [5, 5.41) is 9.76. The van der Waals surface area contributed by atoms with Gasteiger partial charge < -0.3 is 9.52 Å². The summed E-state index contributed by atoms with van der Waals surface area (Å²) in [6.45, 7) is 0. The van der Waals surface area contributed by atoms with Gasteiger partial charge in [0.05, 0.1) is 6.26 Å². The van der Waals surface area contributed by atoms with Crippen LogP contribution >= 0.6 is 0 Å². The second-order valence-electron chi connectivity index (χ2n) is 3.43. The van der Waals surface area contributed by atoms with E-state index in [1.54, 1.807) is 30.8 Å². The van der Waals surface area contributed by atoms with Gasteiger partial charge in [0.2, 0.25) is 0 Å². The number of aliphatic hydroxyl groups is 1. The molecule has 15 heavy (non-hydrogen) atoms. The molecule has 0 saturated heterocycles. The van der Waals surface area contributed by atoms with Crippen molar-refractivity contribution < 1.29 is 9.52 Å². The van der Waals surface area contributed by atoms with E-state index in [9.17, 15) is 5.11 Å². The largest absolute Gasteiger partial charge is 0.467 e. The lowest BCUT2D eigenvalue weighted by atomic mass is 10.1. The zero-order valence-corrected chi connectivity index (χ0v) is 8.34. The average Bonchev–Trinajstić information content (AvgIpc) is 2.81. The highest BCUT2D eigenvalue weighted by Crippen LogP contribution is 2.18. The minimum absolute atomic E-state index is 0.520. The number of furan rings is 1. The minimum Gasteiger partial charge on any atom is -0.467 e. The quantitative estimate of drug-likeness (QED) is 0.829. The van der Waals surface area contributed by atoms with Gasteiger partial charge in [-0.2, -0.15) is 0 Å². The summed E-state index contributed by atoms with van der Waals surface area (Å²) < 4.78 is 5.12. The molecule has 2 rings (SSSR count). The second kappa shape index (κ2) is 4.75. The molecule has 2 heterocycles. The minimum atomic E-state index is -0.520. The van der Waals surface area contributed by atoms with Crippen molar-refractivity contribution in [3.8, 4) is 0 Å². The van der Waals surface area contributed by atoms with Crippen molar-refractivity contribution in [1.82, 2.24) is 4.98 Å². The summed E-state index contributed by atoms with van der Waals surface area (Å²) in [7, 11) is 0. The second-order valence-corrected chi connectivity index (χ2v) is 3.43. The molecule has 3 heteroatoms. The van der Waals surface area contributed by atoms with E-state index >= 15 is 0 Å². The topological polar surface area (TPSA) is 46.3 Å². The van der Waals surface area contributed by atoms with Crippen LogP contribution in [-0.2, 0) is 6.42 Å².